The SMILES string of the molecule is CCc1c(CNCC(C)C)oc2c(Cl)ccc(Cl)c12. The van der Waals surface area contributed by atoms with E-state index in [4.69, 9.17) is 27.6 Å². The summed E-state index contributed by atoms with van der Waals surface area (Å²) in [5.74, 6) is 1.55. The monoisotopic (exact) mass is 299 g/mol. The smallest absolute Gasteiger partial charge is 0.154 e. The number of nitrogens with one attached hydrogen (secondary N) is 1. The Labute approximate surface area is 124 Å². The summed E-state index contributed by atoms with van der Waals surface area (Å²) in [6.45, 7) is 8.14. The van der Waals surface area contributed by atoms with Gasteiger partial charge in [0.25, 0.3) is 0 Å². The van der Waals surface area contributed by atoms with Gasteiger partial charge in [0.1, 0.15) is 5.76 Å². The molecule has 0 saturated heterocycles. The summed E-state index contributed by atoms with van der Waals surface area (Å²) in [6.07, 6.45) is 0.881. The molecule has 104 valence electrons. The van der Waals surface area contributed by atoms with Crippen LogP contribution in [0.25, 0.3) is 11.0 Å². The fraction of sp³-hybridized carbons (Fsp3) is 0.467. The van der Waals surface area contributed by atoms with Gasteiger partial charge >= 0.3 is 0 Å². The van der Waals surface area contributed by atoms with Crippen LogP contribution in [0.15, 0.2) is 16.5 Å². The van der Waals surface area contributed by atoms with Gasteiger partial charge in [0.2, 0.25) is 0 Å². The maximum Gasteiger partial charge on any atom is 0.154 e. The normalized spacial score (nSPS) is 11.7. The standard InChI is InChI=1S/C15H19Cl2NO/c1-4-10-13(8-18-7-9(2)3)19-15-12(17)6-5-11(16)14(10)15/h5-6,9,18H,4,7-8H2,1-3H3. The molecule has 0 amide bonds. The van der Waals surface area contributed by atoms with E-state index in [1.807, 2.05) is 6.07 Å². The first-order valence-electron chi connectivity index (χ1n) is 6.63. The maximum absolute atomic E-state index is 6.27. The summed E-state index contributed by atoms with van der Waals surface area (Å²) >= 11 is 12.5. The van der Waals surface area contributed by atoms with Gasteiger partial charge in [-0.05, 0) is 31.0 Å². The van der Waals surface area contributed by atoms with E-state index in [9.17, 15) is 0 Å². The van der Waals surface area contributed by atoms with Crippen molar-refractivity contribution in [3.63, 3.8) is 0 Å². The molecule has 0 aliphatic heterocycles. The van der Waals surface area contributed by atoms with Crippen molar-refractivity contribution in [1.82, 2.24) is 5.32 Å². The predicted molar refractivity (Wildman–Crippen MR) is 82.2 cm³/mol. The molecule has 0 bridgehead atoms. The molecule has 0 fully saturated rings. The first kappa shape index (κ1) is 14.7. The van der Waals surface area contributed by atoms with Gasteiger partial charge in [-0.2, -0.15) is 0 Å². The van der Waals surface area contributed by atoms with Crippen LogP contribution in [-0.4, -0.2) is 6.54 Å². The Morgan fingerprint density at radius 3 is 2.53 bits per heavy atom. The highest BCUT2D eigenvalue weighted by atomic mass is 35.5. The molecule has 0 radical (unpaired) electrons. The molecule has 0 unspecified atom stereocenters. The van der Waals surface area contributed by atoms with Crippen molar-refractivity contribution >= 4 is 34.2 Å². The van der Waals surface area contributed by atoms with Gasteiger partial charge in [-0.1, -0.05) is 44.0 Å². The maximum atomic E-state index is 6.27. The fourth-order valence-electron chi connectivity index (χ4n) is 2.23. The average molecular weight is 300 g/mol. The van der Waals surface area contributed by atoms with Gasteiger partial charge in [-0.3, -0.25) is 0 Å². The lowest BCUT2D eigenvalue weighted by atomic mass is 10.1. The van der Waals surface area contributed by atoms with Gasteiger partial charge < -0.3 is 9.73 Å². The molecule has 0 saturated carbocycles. The summed E-state index contributed by atoms with van der Waals surface area (Å²) in [7, 11) is 0. The lowest BCUT2D eigenvalue weighted by Crippen LogP contribution is -2.19. The quantitative estimate of drug-likeness (QED) is 0.836. The van der Waals surface area contributed by atoms with E-state index < -0.39 is 0 Å². The predicted octanol–water partition coefficient (Wildman–Crippen LogP) is 5.05. The van der Waals surface area contributed by atoms with Gasteiger partial charge in [0.15, 0.2) is 5.58 Å². The van der Waals surface area contributed by atoms with Crippen molar-refractivity contribution in [3.8, 4) is 0 Å². The summed E-state index contributed by atoms with van der Waals surface area (Å²) in [5, 5.41) is 5.67. The minimum absolute atomic E-state index is 0.613. The van der Waals surface area contributed by atoms with Crippen LogP contribution in [0.3, 0.4) is 0 Å². The lowest BCUT2D eigenvalue weighted by molar-refractivity contribution is 0.481. The molecule has 1 aromatic heterocycles. The second-order valence-electron chi connectivity index (χ2n) is 5.12. The topological polar surface area (TPSA) is 25.2 Å². The molecule has 1 heterocycles. The van der Waals surface area contributed by atoms with Crippen molar-refractivity contribution in [3.05, 3.63) is 33.5 Å². The molecule has 0 aliphatic rings. The van der Waals surface area contributed by atoms with E-state index in [0.717, 1.165) is 29.7 Å². The van der Waals surface area contributed by atoms with Crippen molar-refractivity contribution < 1.29 is 4.42 Å². The Balaban J connectivity index is 2.39. The third-order valence-electron chi connectivity index (χ3n) is 3.11. The molecule has 2 rings (SSSR count). The minimum atomic E-state index is 0.613. The Kier molecular flexibility index (Phi) is 4.77. The van der Waals surface area contributed by atoms with Crippen molar-refractivity contribution in [1.29, 1.82) is 0 Å². The molecular weight excluding hydrogens is 281 g/mol. The van der Waals surface area contributed by atoms with Crippen LogP contribution in [0.4, 0.5) is 0 Å². The van der Waals surface area contributed by atoms with E-state index in [1.165, 1.54) is 0 Å². The van der Waals surface area contributed by atoms with Crippen LogP contribution in [0.2, 0.25) is 10.0 Å². The number of hydrogen-bond donors (Lipinski definition) is 1. The van der Waals surface area contributed by atoms with Crippen LogP contribution in [-0.2, 0) is 13.0 Å². The van der Waals surface area contributed by atoms with Gasteiger partial charge in [0, 0.05) is 10.9 Å². The number of aryl methyl sites for hydroxylation is 1. The highest BCUT2D eigenvalue weighted by molar-refractivity contribution is 6.40. The zero-order valence-corrected chi connectivity index (χ0v) is 13.0. The molecule has 4 heteroatoms. The number of hydrogen-bond acceptors (Lipinski definition) is 2. The van der Waals surface area contributed by atoms with E-state index in [0.29, 0.717) is 28.1 Å². The molecule has 0 atom stereocenters. The third-order valence-corrected chi connectivity index (χ3v) is 3.73. The molecule has 2 nitrogen and oxygen atoms in total. The molecule has 0 spiro atoms. The van der Waals surface area contributed by atoms with Crippen LogP contribution >= 0.6 is 23.2 Å². The second kappa shape index (κ2) is 6.17. The molecule has 2 aromatic rings. The van der Waals surface area contributed by atoms with Crippen LogP contribution in [0, 0.1) is 5.92 Å². The van der Waals surface area contributed by atoms with Crippen LogP contribution < -0.4 is 5.32 Å². The first-order valence-corrected chi connectivity index (χ1v) is 7.39. The molecule has 1 N–H and O–H groups in total. The summed E-state index contributed by atoms with van der Waals surface area (Å²) in [5.41, 5.74) is 1.85. The number of benzene rings is 1. The fourth-order valence-corrected chi connectivity index (χ4v) is 2.69. The largest absolute Gasteiger partial charge is 0.458 e. The highest BCUT2D eigenvalue weighted by Gasteiger charge is 2.17. The molecule has 1 aromatic carbocycles. The number of fused-ring (bicyclic) bond motifs is 1. The Morgan fingerprint density at radius 1 is 1.21 bits per heavy atom. The van der Waals surface area contributed by atoms with Crippen LogP contribution in [0.1, 0.15) is 32.1 Å². The second-order valence-corrected chi connectivity index (χ2v) is 5.93. The third kappa shape index (κ3) is 3.07. The van der Waals surface area contributed by atoms with Crippen molar-refractivity contribution in [2.24, 2.45) is 5.92 Å². The highest BCUT2D eigenvalue weighted by Crippen LogP contribution is 2.36. The van der Waals surface area contributed by atoms with Gasteiger partial charge in [-0.15, -0.1) is 0 Å². The minimum Gasteiger partial charge on any atom is -0.458 e. The Hall–Kier alpha value is -0.700. The summed E-state index contributed by atoms with van der Waals surface area (Å²) < 4.78 is 5.90. The summed E-state index contributed by atoms with van der Waals surface area (Å²) in [6, 6.07) is 3.60. The summed E-state index contributed by atoms with van der Waals surface area (Å²) in [4.78, 5) is 0. The number of halogens is 2. The van der Waals surface area contributed by atoms with E-state index >= 15 is 0 Å². The number of furan rings is 1. The average Bonchev–Trinajstić information content (AvgIpc) is 2.73. The number of rotatable bonds is 5. The molecule has 19 heavy (non-hydrogen) atoms. The first-order chi connectivity index (χ1) is 9.04. The van der Waals surface area contributed by atoms with Crippen molar-refractivity contribution in [2.45, 2.75) is 33.7 Å². The Morgan fingerprint density at radius 2 is 1.89 bits per heavy atom. The van der Waals surface area contributed by atoms with Gasteiger partial charge in [-0.25, -0.2) is 0 Å². The lowest BCUT2D eigenvalue weighted by Gasteiger charge is -2.06. The van der Waals surface area contributed by atoms with E-state index in [1.54, 1.807) is 6.07 Å². The van der Waals surface area contributed by atoms with E-state index in [2.05, 4.69) is 26.1 Å². The zero-order valence-electron chi connectivity index (χ0n) is 11.5. The molecule has 0 aliphatic carbocycles. The zero-order chi connectivity index (χ0) is 14.0. The van der Waals surface area contributed by atoms with E-state index in [-0.39, 0.29) is 0 Å². The van der Waals surface area contributed by atoms with Gasteiger partial charge in [0.05, 0.1) is 16.6 Å². The van der Waals surface area contributed by atoms with Crippen LogP contribution in [0.5, 0.6) is 0 Å². The Bertz CT molecular complexity index is 575. The van der Waals surface area contributed by atoms with Crippen molar-refractivity contribution in [2.75, 3.05) is 6.54 Å². The molecular formula is C15H19Cl2NO.